The molecule has 148 valence electrons. The summed E-state index contributed by atoms with van der Waals surface area (Å²) < 4.78 is 0. The van der Waals surface area contributed by atoms with Crippen LogP contribution in [0.2, 0.25) is 0 Å². The zero-order valence-electron chi connectivity index (χ0n) is 16.6. The Kier molecular flexibility index (Phi) is 5.82. The lowest BCUT2D eigenvalue weighted by molar-refractivity contribution is -0.384. The first-order chi connectivity index (χ1) is 13.4. The first-order valence-corrected chi connectivity index (χ1v) is 9.42. The Hall–Kier alpha value is -3.09. The molecule has 1 amide bonds. The van der Waals surface area contributed by atoms with Crippen LogP contribution in [0, 0.1) is 10.1 Å². The van der Waals surface area contributed by atoms with Crippen molar-refractivity contribution >= 4 is 23.0 Å². The van der Waals surface area contributed by atoms with E-state index in [1.54, 1.807) is 43.1 Å². The molecular weight excluding hydrogens is 356 g/mol. The van der Waals surface area contributed by atoms with Crippen molar-refractivity contribution in [1.29, 1.82) is 0 Å². The summed E-state index contributed by atoms with van der Waals surface area (Å²) >= 11 is 0. The third-order valence-corrected chi connectivity index (χ3v) is 5.09. The molecule has 0 bridgehead atoms. The van der Waals surface area contributed by atoms with Crippen molar-refractivity contribution in [1.82, 2.24) is 4.90 Å². The Morgan fingerprint density at radius 1 is 1.11 bits per heavy atom. The minimum Gasteiger partial charge on any atom is -0.372 e. The standard InChI is InChI=1S/C21H26N4O3/c1-22(2)19-11-10-16(14-20(19)25(27)28)21(26)23(3)15-17-8-4-5-9-18(17)24-12-6-7-13-24/h4-5,8-11,14H,6-7,12-13,15H2,1-3H3. The van der Waals surface area contributed by atoms with Gasteiger partial charge in [0.05, 0.1) is 4.92 Å². The summed E-state index contributed by atoms with van der Waals surface area (Å²) in [5, 5.41) is 11.4. The highest BCUT2D eigenvalue weighted by Gasteiger charge is 2.22. The van der Waals surface area contributed by atoms with Crippen LogP contribution < -0.4 is 9.80 Å². The predicted molar refractivity (Wildman–Crippen MR) is 111 cm³/mol. The fourth-order valence-electron chi connectivity index (χ4n) is 3.64. The number of nitro groups is 1. The van der Waals surface area contributed by atoms with Gasteiger partial charge in [0.1, 0.15) is 5.69 Å². The summed E-state index contributed by atoms with van der Waals surface area (Å²) in [5.74, 6) is -0.232. The molecule has 1 aliphatic heterocycles. The van der Waals surface area contributed by atoms with Crippen LogP contribution in [0.25, 0.3) is 0 Å². The number of hydrogen-bond acceptors (Lipinski definition) is 5. The SMILES string of the molecule is CN(Cc1ccccc1N1CCCC1)C(=O)c1ccc(N(C)C)c([N+](=O)[O-])c1. The topological polar surface area (TPSA) is 69.9 Å². The van der Waals surface area contributed by atoms with E-state index in [1.807, 2.05) is 18.2 Å². The molecule has 3 rings (SSSR count). The van der Waals surface area contributed by atoms with Crippen LogP contribution in [0.3, 0.4) is 0 Å². The summed E-state index contributed by atoms with van der Waals surface area (Å²) in [6, 6.07) is 12.8. The van der Waals surface area contributed by atoms with Gasteiger partial charge in [-0.1, -0.05) is 18.2 Å². The minimum atomic E-state index is -0.450. The smallest absolute Gasteiger partial charge is 0.293 e. The molecule has 2 aromatic carbocycles. The third-order valence-electron chi connectivity index (χ3n) is 5.09. The lowest BCUT2D eigenvalue weighted by atomic mass is 10.1. The number of carbonyl (C=O) groups is 1. The highest BCUT2D eigenvalue weighted by atomic mass is 16.6. The lowest BCUT2D eigenvalue weighted by Gasteiger charge is -2.24. The van der Waals surface area contributed by atoms with Gasteiger partial charge in [0.15, 0.2) is 0 Å². The number of nitrogens with zero attached hydrogens (tertiary/aromatic N) is 4. The number of carbonyl (C=O) groups excluding carboxylic acids is 1. The number of benzene rings is 2. The van der Waals surface area contributed by atoms with Gasteiger partial charge in [-0.15, -0.1) is 0 Å². The Labute approximate surface area is 165 Å². The summed E-state index contributed by atoms with van der Waals surface area (Å²) in [5.41, 5.74) is 2.97. The minimum absolute atomic E-state index is 0.0679. The molecule has 0 spiro atoms. The van der Waals surface area contributed by atoms with Crippen LogP contribution in [0.5, 0.6) is 0 Å². The van der Waals surface area contributed by atoms with Crippen molar-refractivity contribution in [2.45, 2.75) is 19.4 Å². The number of amides is 1. The largest absolute Gasteiger partial charge is 0.372 e. The van der Waals surface area contributed by atoms with E-state index in [-0.39, 0.29) is 11.6 Å². The van der Waals surface area contributed by atoms with Crippen LogP contribution in [-0.4, -0.2) is 50.0 Å². The molecule has 0 unspecified atom stereocenters. The normalized spacial score (nSPS) is 13.5. The van der Waals surface area contributed by atoms with Crippen LogP contribution in [0.4, 0.5) is 17.1 Å². The second kappa shape index (κ2) is 8.29. The fraction of sp³-hybridized carbons (Fsp3) is 0.381. The summed E-state index contributed by atoms with van der Waals surface area (Å²) in [4.78, 5) is 29.5. The molecular formula is C21H26N4O3. The van der Waals surface area contributed by atoms with Gasteiger partial charge < -0.3 is 14.7 Å². The molecule has 0 aromatic heterocycles. The van der Waals surface area contributed by atoms with E-state index in [0.29, 0.717) is 17.8 Å². The lowest BCUT2D eigenvalue weighted by Crippen LogP contribution is -2.28. The van der Waals surface area contributed by atoms with E-state index in [9.17, 15) is 14.9 Å². The summed E-state index contributed by atoms with van der Waals surface area (Å²) in [6.45, 7) is 2.52. The molecule has 1 heterocycles. The van der Waals surface area contributed by atoms with E-state index in [1.165, 1.54) is 18.9 Å². The molecule has 0 atom stereocenters. The Balaban J connectivity index is 1.82. The first-order valence-electron chi connectivity index (χ1n) is 9.42. The first kappa shape index (κ1) is 19.7. The molecule has 1 aliphatic rings. The summed E-state index contributed by atoms with van der Waals surface area (Å²) in [6.07, 6.45) is 2.37. The quantitative estimate of drug-likeness (QED) is 0.565. The van der Waals surface area contributed by atoms with Gasteiger partial charge in [-0.05, 0) is 36.6 Å². The van der Waals surface area contributed by atoms with Crippen molar-refractivity contribution in [2.75, 3.05) is 44.0 Å². The molecule has 7 heteroatoms. The molecule has 0 aliphatic carbocycles. The van der Waals surface area contributed by atoms with Crippen molar-refractivity contribution in [3.05, 3.63) is 63.7 Å². The number of anilines is 2. The van der Waals surface area contributed by atoms with E-state index >= 15 is 0 Å². The van der Waals surface area contributed by atoms with Gasteiger partial charge in [-0.25, -0.2) is 0 Å². The number of nitro benzene ring substituents is 1. The number of para-hydroxylation sites is 1. The average Bonchev–Trinajstić information content (AvgIpc) is 3.21. The van der Waals surface area contributed by atoms with Crippen molar-refractivity contribution in [3.63, 3.8) is 0 Å². The molecule has 1 saturated heterocycles. The van der Waals surface area contributed by atoms with Crippen LogP contribution in [-0.2, 0) is 6.54 Å². The van der Waals surface area contributed by atoms with Gasteiger partial charge in [-0.2, -0.15) is 0 Å². The molecule has 0 radical (unpaired) electrons. The van der Waals surface area contributed by atoms with Gasteiger partial charge in [0.2, 0.25) is 0 Å². The molecule has 2 aromatic rings. The van der Waals surface area contributed by atoms with E-state index < -0.39 is 4.92 Å². The number of rotatable bonds is 6. The van der Waals surface area contributed by atoms with Gasteiger partial charge in [0.25, 0.3) is 11.6 Å². The molecule has 0 N–H and O–H groups in total. The van der Waals surface area contributed by atoms with Gasteiger partial charge in [0, 0.05) is 58.1 Å². The zero-order valence-corrected chi connectivity index (χ0v) is 16.6. The van der Waals surface area contributed by atoms with Crippen LogP contribution in [0.15, 0.2) is 42.5 Å². The Bertz CT molecular complexity index is 876. The highest BCUT2D eigenvalue weighted by molar-refractivity contribution is 5.95. The Morgan fingerprint density at radius 3 is 2.43 bits per heavy atom. The van der Waals surface area contributed by atoms with Crippen LogP contribution in [0.1, 0.15) is 28.8 Å². The predicted octanol–water partition coefficient (Wildman–Crippen LogP) is 3.53. The average molecular weight is 382 g/mol. The maximum atomic E-state index is 12.9. The zero-order chi connectivity index (χ0) is 20.3. The number of hydrogen-bond donors (Lipinski definition) is 0. The Morgan fingerprint density at radius 2 is 1.79 bits per heavy atom. The van der Waals surface area contributed by atoms with Gasteiger partial charge >= 0.3 is 0 Å². The van der Waals surface area contributed by atoms with E-state index in [0.717, 1.165) is 24.3 Å². The van der Waals surface area contributed by atoms with Crippen molar-refractivity contribution in [3.8, 4) is 0 Å². The van der Waals surface area contributed by atoms with Crippen molar-refractivity contribution in [2.24, 2.45) is 0 Å². The fourth-order valence-corrected chi connectivity index (χ4v) is 3.64. The van der Waals surface area contributed by atoms with E-state index in [4.69, 9.17) is 0 Å². The highest BCUT2D eigenvalue weighted by Crippen LogP contribution is 2.29. The molecule has 0 saturated carbocycles. The maximum absolute atomic E-state index is 12.9. The summed E-state index contributed by atoms with van der Waals surface area (Å²) in [7, 11) is 5.21. The van der Waals surface area contributed by atoms with E-state index in [2.05, 4.69) is 11.0 Å². The maximum Gasteiger partial charge on any atom is 0.293 e. The third kappa shape index (κ3) is 4.08. The molecule has 7 nitrogen and oxygen atoms in total. The molecule has 1 fully saturated rings. The second-order valence-electron chi connectivity index (χ2n) is 7.34. The monoisotopic (exact) mass is 382 g/mol. The molecule has 28 heavy (non-hydrogen) atoms. The van der Waals surface area contributed by atoms with Crippen molar-refractivity contribution < 1.29 is 9.72 Å². The van der Waals surface area contributed by atoms with Crippen LogP contribution >= 0.6 is 0 Å². The van der Waals surface area contributed by atoms with Gasteiger partial charge in [-0.3, -0.25) is 14.9 Å². The second-order valence-corrected chi connectivity index (χ2v) is 7.34.